The standard InChI is InChI=1S/C18H21N3O3/c1-12-4-7-14(8-5-12)21-18(19)20-11-13-6-9-15(17(22)24-3)16(10-13)23-2/h4-10H,11H2,1-3H3,(H3,19,20,21). The van der Waals surface area contributed by atoms with Crippen LogP contribution >= 0.6 is 0 Å². The molecule has 2 aromatic rings. The highest BCUT2D eigenvalue weighted by molar-refractivity contribution is 5.93. The molecule has 0 heterocycles. The Morgan fingerprint density at radius 3 is 2.50 bits per heavy atom. The highest BCUT2D eigenvalue weighted by Gasteiger charge is 2.12. The van der Waals surface area contributed by atoms with Gasteiger partial charge in [-0.15, -0.1) is 0 Å². The number of nitrogens with zero attached hydrogens (tertiary/aromatic N) is 1. The lowest BCUT2D eigenvalue weighted by Crippen LogP contribution is -2.22. The number of carbonyl (C=O) groups excluding carboxylic acids is 1. The maximum Gasteiger partial charge on any atom is 0.341 e. The Labute approximate surface area is 141 Å². The average Bonchev–Trinajstić information content (AvgIpc) is 2.61. The van der Waals surface area contributed by atoms with Crippen LogP contribution in [0.3, 0.4) is 0 Å². The number of nitrogens with two attached hydrogens (primary N) is 1. The zero-order valence-corrected chi connectivity index (χ0v) is 14.0. The Kier molecular flexibility index (Phi) is 5.78. The summed E-state index contributed by atoms with van der Waals surface area (Å²) in [5.41, 5.74) is 9.19. The van der Waals surface area contributed by atoms with Gasteiger partial charge >= 0.3 is 5.97 Å². The first kappa shape index (κ1) is 17.3. The lowest BCUT2D eigenvalue weighted by Gasteiger charge is -2.09. The molecule has 0 aliphatic rings. The molecular weight excluding hydrogens is 306 g/mol. The topological polar surface area (TPSA) is 85.9 Å². The fourth-order valence-electron chi connectivity index (χ4n) is 2.11. The quantitative estimate of drug-likeness (QED) is 0.501. The Hall–Kier alpha value is -3.02. The maximum absolute atomic E-state index is 11.6. The van der Waals surface area contributed by atoms with Gasteiger partial charge in [0.05, 0.1) is 20.8 Å². The van der Waals surface area contributed by atoms with Crippen LogP contribution in [0.4, 0.5) is 5.69 Å². The van der Waals surface area contributed by atoms with Crippen LogP contribution in [0.15, 0.2) is 47.5 Å². The molecule has 2 rings (SSSR count). The number of rotatable bonds is 5. The van der Waals surface area contributed by atoms with Crippen molar-refractivity contribution in [3.05, 3.63) is 59.2 Å². The fraction of sp³-hybridized carbons (Fsp3) is 0.222. The lowest BCUT2D eigenvalue weighted by atomic mass is 10.1. The second-order valence-electron chi connectivity index (χ2n) is 5.22. The highest BCUT2D eigenvalue weighted by Crippen LogP contribution is 2.21. The van der Waals surface area contributed by atoms with Gasteiger partial charge in [0.2, 0.25) is 0 Å². The van der Waals surface area contributed by atoms with Gasteiger partial charge in [0.1, 0.15) is 11.3 Å². The van der Waals surface area contributed by atoms with Crippen molar-refractivity contribution < 1.29 is 14.3 Å². The third-order valence-electron chi connectivity index (χ3n) is 3.43. The van der Waals surface area contributed by atoms with Gasteiger partial charge in [-0.2, -0.15) is 0 Å². The number of aliphatic imine (C=N–C) groups is 1. The van der Waals surface area contributed by atoms with E-state index in [0.29, 0.717) is 23.8 Å². The van der Waals surface area contributed by atoms with E-state index in [-0.39, 0.29) is 0 Å². The number of hydrogen-bond acceptors (Lipinski definition) is 4. The molecule has 0 aromatic heterocycles. The van der Waals surface area contributed by atoms with Crippen molar-refractivity contribution in [3.8, 4) is 5.75 Å². The van der Waals surface area contributed by atoms with Crippen molar-refractivity contribution in [3.63, 3.8) is 0 Å². The van der Waals surface area contributed by atoms with Crippen LogP contribution in [-0.2, 0) is 11.3 Å². The third kappa shape index (κ3) is 4.49. The predicted octanol–water partition coefficient (Wildman–Crippen LogP) is 2.72. The smallest absolute Gasteiger partial charge is 0.341 e. The molecule has 0 unspecified atom stereocenters. The molecule has 0 fully saturated rings. The number of aryl methyl sites for hydroxylation is 1. The fourth-order valence-corrected chi connectivity index (χ4v) is 2.11. The monoisotopic (exact) mass is 327 g/mol. The molecule has 0 aliphatic carbocycles. The van der Waals surface area contributed by atoms with Gasteiger partial charge in [-0.1, -0.05) is 23.8 Å². The van der Waals surface area contributed by atoms with Crippen LogP contribution in [-0.4, -0.2) is 26.1 Å². The van der Waals surface area contributed by atoms with Gasteiger partial charge in [-0.05, 0) is 36.8 Å². The van der Waals surface area contributed by atoms with E-state index in [0.717, 1.165) is 11.3 Å². The molecule has 126 valence electrons. The minimum Gasteiger partial charge on any atom is -0.496 e. The normalized spacial score (nSPS) is 11.0. The van der Waals surface area contributed by atoms with Gasteiger partial charge < -0.3 is 20.5 Å². The van der Waals surface area contributed by atoms with E-state index in [1.165, 1.54) is 19.8 Å². The number of carbonyl (C=O) groups is 1. The van der Waals surface area contributed by atoms with E-state index in [1.807, 2.05) is 31.2 Å². The van der Waals surface area contributed by atoms with E-state index in [1.54, 1.807) is 18.2 Å². The van der Waals surface area contributed by atoms with Crippen molar-refractivity contribution in [1.29, 1.82) is 0 Å². The summed E-state index contributed by atoms with van der Waals surface area (Å²) in [5.74, 6) is 0.317. The van der Waals surface area contributed by atoms with Crippen LogP contribution in [0, 0.1) is 6.92 Å². The van der Waals surface area contributed by atoms with Crippen molar-refractivity contribution in [2.75, 3.05) is 19.5 Å². The summed E-state index contributed by atoms with van der Waals surface area (Å²) in [6.45, 7) is 2.38. The van der Waals surface area contributed by atoms with Crippen LogP contribution in [0.5, 0.6) is 5.75 Å². The SMILES string of the molecule is COC(=O)c1ccc(CN=C(N)Nc2ccc(C)cc2)cc1OC. The van der Waals surface area contributed by atoms with Crippen molar-refractivity contribution in [2.45, 2.75) is 13.5 Å². The molecule has 0 spiro atoms. The van der Waals surface area contributed by atoms with Crippen molar-refractivity contribution >= 4 is 17.6 Å². The molecule has 3 N–H and O–H groups in total. The summed E-state index contributed by atoms with van der Waals surface area (Å²) in [5, 5.41) is 3.03. The van der Waals surface area contributed by atoms with E-state index in [9.17, 15) is 4.79 Å². The summed E-state index contributed by atoms with van der Waals surface area (Å²) in [4.78, 5) is 15.9. The second-order valence-corrected chi connectivity index (χ2v) is 5.22. The summed E-state index contributed by atoms with van der Waals surface area (Å²) in [6, 6.07) is 13.0. The Bertz CT molecular complexity index is 740. The van der Waals surface area contributed by atoms with Gasteiger partial charge in [0.25, 0.3) is 0 Å². The predicted molar refractivity (Wildman–Crippen MR) is 94.5 cm³/mol. The van der Waals surface area contributed by atoms with E-state index in [2.05, 4.69) is 10.3 Å². The molecule has 0 aliphatic heterocycles. The van der Waals surface area contributed by atoms with E-state index < -0.39 is 5.97 Å². The molecule has 6 heteroatoms. The van der Waals surface area contributed by atoms with Crippen LogP contribution in [0.2, 0.25) is 0 Å². The lowest BCUT2D eigenvalue weighted by molar-refractivity contribution is 0.0597. The van der Waals surface area contributed by atoms with Crippen LogP contribution < -0.4 is 15.8 Å². The highest BCUT2D eigenvalue weighted by atomic mass is 16.5. The first-order chi connectivity index (χ1) is 11.5. The molecule has 24 heavy (non-hydrogen) atoms. The molecule has 0 bridgehead atoms. The number of hydrogen-bond donors (Lipinski definition) is 2. The molecule has 0 saturated carbocycles. The van der Waals surface area contributed by atoms with E-state index >= 15 is 0 Å². The molecule has 0 amide bonds. The molecule has 0 atom stereocenters. The Morgan fingerprint density at radius 1 is 1.17 bits per heavy atom. The number of benzene rings is 2. The minimum atomic E-state index is -0.442. The zero-order chi connectivity index (χ0) is 17.5. The summed E-state index contributed by atoms with van der Waals surface area (Å²) in [6.07, 6.45) is 0. The van der Waals surface area contributed by atoms with Gasteiger partial charge in [0, 0.05) is 5.69 Å². The first-order valence-corrected chi connectivity index (χ1v) is 7.42. The summed E-state index contributed by atoms with van der Waals surface area (Å²) in [7, 11) is 2.83. The summed E-state index contributed by atoms with van der Waals surface area (Å²) >= 11 is 0. The van der Waals surface area contributed by atoms with Gasteiger partial charge in [0.15, 0.2) is 5.96 Å². The minimum absolute atomic E-state index is 0.315. The number of ether oxygens (including phenoxy) is 2. The number of methoxy groups -OCH3 is 2. The average molecular weight is 327 g/mol. The molecule has 6 nitrogen and oxygen atoms in total. The Balaban J connectivity index is 2.07. The maximum atomic E-state index is 11.6. The zero-order valence-electron chi connectivity index (χ0n) is 14.0. The van der Waals surface area contributed by atoms with Crippen molar-refractivity contribution in [1.82, 2.24) is 0 Å². The van der Waals surface area contributed by atoms with Crippen LogP contribution in [0.1, 0.15) is 21.5 Å². The molecule has 2 aromatic carbocycles. The molecule has 0 saturated heterocycles. The number of anilines is 1. The number of esters is 1. The first-order valence-electron chi connectivity index (χ1n) is 7.42. The second kappa shape index (κ2) is 8.01. The van der Waals surface area contributed by atoms with E-state index in [4.69, 9.17) is 15.2 Å². The molecular formula is C18H21N3O3. The van der Waals surface area contributed by atoms with Gasteiger partial charge in [-0.25, -0.2) is 9.79 Å². The molecule has 0 radical (unpaired) electrons. The Morgan fingerprint density at radius 2 is 1.88 bits per heavy atom. The number of nitrogens with one attached hydrogen (secondary N) is 1. The number of guanidine groups is 1. The van der Waals surface area contributed by atoms with Crippen LogP contribution in [0.25, 0.3) is 0 Å². The third-order valence-corrected chi connectivity index (χ3v) is 3.43. The van der Waals surface area contributed by atoms with Crippen molar-refractivity contribution in [2.24, 2.45) is 10.7 Å². The summed E-state index contributed by atoms with van der Waals surface area (Å²) < 4.78 is 9.94. The van der Waals surface area contributed by atoms with Gasteiger partial charge in [-0.3, -0.25) is 0 Å². The largest absolute Gasteiger partial charge is 0.496 e.